The van der Waals surface area contributed by atoms with Gasteiger partial charge in [0.1, 0.15) is 0 Å². The number of hydrogen-bond donors (Lipinski definition) is 2. The van der Waals surface area contributed by atoms with E-state index < -0.39 is 24.7 Å². The highest BCUT2D eigenvalue weighted by atomic mass is 16.5. The van der Waals surface area contributed by atoms with Crippen molar-refractivity contribution in [2.45, 2.75) is 38.5 Å². The van der Waals surface area contributed by atoms with Crippen LogP contribution in [0.1, 0.15) is 13.8 Å². The second-order valence-corrected chi connectivity index (χ2v) is 5.25. The molecule has 0 heterocycles. The van der Waals surface area contributed by atoms with E-state index in [2.05, 4.69) is 13.2 Å². The van der Waals surface area contributed by atoms with Crippen LogP contribution in [0.5, 0.6) is 0 Å². The third kappa shape index (κ3) is 5.80. The molecule has 0 aromatic heterocycles. The van der Waals surface area contributed by atoms with E-state index >= 15 is 0 Å². The SMILES string of the molecule is C=CCOC(C(C)O)N(c1ccccc1)C(OCC=C)C(C)O. The number of hydrogen-bond acceptors (Lipinski definition) is 5. The van der Waals surface area contributed by atoms with Gasteiger partial charge < -0.3 is 24.6 Å². The van der Waals surface area contributed by atoms with Gasteiger partial charge in [-0.3, -0.25) is 0 Å². The van der Waals surface area contributed by atoms with Crippen LogP contribution in [0.25, 0.3) is 0 Å². The fourth-order valence-corrected chi connectivity index (χ4v) is 2.28. The Balaban J connectivity index is 3.21. The number of aliphatic hydroxyl groups is 2. The number of para-hydroxylation sites is 1. The fourth-order valence-electron chi connectivity index (χ4n) is 2.28. The molecule has 1 rings (SSSR count). The van der Waals surface area contributed by atoms with E-state index in [0.29, 0.717) is 0 Å². The first-order chi connectivity index (χ1) is 11.0. The standard InChI is InChI=1S/C18H27NO4/c1-5-12-22-17(14(3)20)19(16-10-8-7-9-11-16)18(15(4)21)23-13-6-2/h5-11,14-15,17-18,20-21H,1-2,12-13H2,3-4H3. The molecule has 1 aromatic rings. The summed E-state index contributed by atoms with van der Waals surface area (Å²) in [5, 5.41) is 20.3. The molecule has 0 aliphatic heterocycles. The first-order valence-corrected chi connectivity index (χ1v) is 7.67. The van der Waals surface area contributed by atoms with Crippen molar-refractivity contribution in [2.75, 3.05) is 18.1 Å². The van der Waals surface area contributed by atoms with Gasteiger partial charge in [-0.05, 0) is 26.0 Å². The minimum atomic E-state index is -0.802. The van der Waals surface area contributed by atoms with E-state index in [1.807, 2.05) is 30.3 Å². The van der Waals surface area contributed by atoms with E-state index in [0.717, 1.165) is 5.69 Å². The van der Waals surface area contributed by atoms with E-state index in [1.165, 1.54) is 0 Å². The summed E-state index contributed by atoms with van der Waals surface area (Å²) >= 11 is 0. The maximum atomic E-state index is 10.2. The van der Waals surface area contributed by atoms with Gasteiger partial charge in [0, 0.05) is 5.69 Å². The smallest absolute Gasteiger partial charge is 0.158 e. The summed E-state index contributed by atoms with van der Waals surface area (Å²) in [6, 6.07) is 9.40. The van der Waals surface area contributed by atoms with Crippen LogP contribution >= 0.6 is 0 Å². The molecule has 0 fully saturated rings. The Morgan fingerprint density at radius 2 is 1.39 bits per heavy atom. The lowest BCUT2D eigenvalue weighted by atomic mass is 10.2. The van der Waals surface area contributed by atoms with Crippen LogP contribution in [0.4, 0.5) is 5.69 Å². The predicted octanol–water partition coefficient (Wildman–Crippen LogP) is 2.31. The van der Waals surface area contributed by atoms with Gasteiger partial charge in [0.25, 0.3) is 0 Å². The maximum absolute atomic E-state index is 10.2. The third-order valence-electron chi connectivity index (χ3n) is 3.20. The minimum Gasteiger partial charge on any atom is -0.389 e. The molecule has 23 heavy (non-hydrogen) atoms. The first-order valence-electron chi connectivity index (χ1n) is 7.67. The molecule has 5 heteroatoms. The van der Waals surface area contributed by atoms with E-state index in [1.54, 1.807) is 30.9 Å². The Morgan fingerprint density at radius 1 is 0.957 bits per heavy atom. The van der Waals surface area contributed by atoms with Gasteiger partial charge in [-0.25, -0.2) is 0 Å². The van der Waals surface area contributed by atoms with Gasteiger partial charge >= 0.3 is 0 Å². The Morgan fingerprint density at radius 3 is 1.74 bits per heavy atom. The topological polar surface area (TPSA) is 62.2 Å². The number of benzene rings is 1. The molecule has 0 aliphatic carbocycles. The molecule has 128 valence electrons. The fraction of sp³-hybridized carbons (Fsp3) is 0.444. The number of aliphatic hydroxyl groups excluding tert-OH is 2. The largest absolute Gasteiger partial charge is 0.389 e. The van der Waals surface area contributed by atoms with Crippen molar-refractivity contribution in [2.24, 2.45) is 0 Å². The quantitative estimate of drug-likeness (QED) is 0.484. The average molecular weight is 321 g/mol. The average Bonchev–Trinajstić information content (AvgIpc) is 2.53. The van der Waals surface area contributed by atoms with Crippen LogP contribution in [-0.2, 0) is 9.47 Å². The summed E-state index contributed by atoms with van der Waals surface area (Å²) in [5.74, 6) is 0. The van der Waals surface area contributed by atoms with Crippen molar-refractivity contribution in [3.8, 4) is 0 Å². The van der Waals surface area contributed by atoms with Gasteiger partial charge in [-0.2, -0.15) is 0 Å². The van der Waals surface area contributed by atoms with Crippen molar-refractivity contribution < 1.29 is 19.7 Å². The van der Waals surface area contributed by atoms with Gasteiger partial charge in [-0.1, -0.05) is 30.4 Å². The summed E-state index contributed by atoms with van der Waals surface area (Å²) in [6.45, 7) is 11.1. The molecule has 2 N–H and O–H groups in total. The minimum absolute atomic E-state index is 0.271. The van der Waals surface area contributed by atoms with Crippen LogP contribution in [0.3, 0.4) is 0 Å². The molecule has 0 amide bonds. The van der Waals surface area contributed by atoms with Gasteiger partial charge in [0.15, 0.2) is 12.5 Å². The van der Waals surface area contributed by atoms with Gasteiger partial charge in [0.05, 0.1) is 25.4 Å². The predicted molar refractivity (Wildman–Crippen MR) is 92.2 cm³/mol. The van der Waals surface area contributed by atoms with Gasteiger partial charge in [-0.15, -0.1) is 13.2 Å². The molecule has 4 atom stereocenters. The van der Waals surface area contributed by atoms with E-state index in [4.69, 9.17) is 9.47 Å². The summed E-state index contributed by atoms with van der Waals surface area (Å²) in [6.07, 6.45) is 0.230. The molecule has 0 saturated carbocycles. The Bertz CT molecular complexity index is 437. The lowest BCUT2D eigenvalue weighted by Crippen LogP contribution is -2.55. The summed E-state index contributed by atoms with van der Waals surface area (Å²) in [5.41, 5.74) is 0.775. The highest BCUT2D eigenvalue weighted by Gasteiger charge is 2.33. The molecule has 0 bridgehead atoms. The second kappa shape index (κ2) is 10.2. The Labute approximate surface area is 138 Å². The zero-order valence-electron chi connectivity index (χ0n) is 13.8. The molecule has 1 aromatic carbocycles. The zero-order chi connectivity index (χ0) is 17.2. The normalized spacial score (nSPS) is 16.2. The zero-order valence-corrected chi connectivity index (χ0v) is 13.8. The van der Waals surface area contributed by atoms with Crippen LogP contribution < -0.4 is 4.90 Å². The number of nitrogens with zero attached hydrogens (tertiary/aromatic N) is 1. The molecular formula is C18H27NO4. The van der Waals surface area contributed by atoms with Gasteiger partial charge in [0.2, 0.25) is 0 Å². The molecule has 4 unspecified atom stereocenters. The van der Waals surface area contributed by atoms with Crippen molar-refractivity contribution in [1.29, 1.82) is 0 Å². The Kier molecular flexibility index (Phi) is 8.58. The number of anilines is 1. The molecule has 0 aliphatic rings. The summed E-state index contributed by atoms with van der Waals surface area (Å²) in [4.78, 5) is 1.74. The van der Waals surface area contributed by atoms with Crippen molar-refractivity contribution in [3.63, 3.8) is 0 Å². The van der Waals surface area contributed by atoms with Crippen LogP contribution in [0, 0.1) is 0 Å². The highest BCUT2D eigenvalue weighted by molar-refractivity contribution is 5.47. The molecule has 0 radical (unpaired) electrons. The lowest BCUT2D eigenvalue weighted by molar-refractivity contribution is -0.0799. The van der Waals surface area contributed by atoms with Crippen LogP contribution in [0.2, 0.25) is 0 Å². The molecule has 0 saturated heterocycles. The number of ether oxygens (including phenoxy) is 2. The second-order valence-electron chi connectivity index (χ2n) is 5.25. The molecular weight excluding hydrogens is 294 g/mol. The van der Waals surface area contributed by atoms with Crippen molar-refractivity contribution in [1.82, 2.24) is 0 Å². The molecule has 0 spiro atoms. The summed E-state index contributed by atoms with van der Waals surface area (Å²) in [7, 11) is 0. The first kappa shape index (κ1) is 19.4. The highest BCUT2D eigenvalue weighted by Crippen LogP contribution is 2.25. The van der Waals surface area contributed by atoms with Crippen LogP contribution in [-0.4, -0.2) is 48.1 Å². The van der Waals surface area contributed by atoms with E-state index in [9.17, 15) is 10.2 Å². The van der Waals surface area contributed by atoms with Crippen LogP contribution in [0.15, 0.2) is 55.6 Å². The molecule has 5 nitrogen and oxygen atoms in total. The monoisotopic (exact) mass is 321 g/mol. The summed E-state index contributed by atoms with van der Waals surface area (Å²) < 4.78 is 11.4. The third-order valence-corrected chi connectivity index (χ3v) is 3.20. The Hall–Kier alpha value is -1.66. The van der Waals surface area contributed by atoms with E-state index in [-0.39, 0.29) is 13.2 Å². The number of rotatable bonds is 11. The van der Waals surface area contributed by atoms with Crippen molar-refractivity contribution >= 4 is 5.69 Å². The van der Waals surface area contributed by atoms with Crippen molar-refractivity contribution in [3.05, 3.63) is 55.6 Å². The lowest BCUT2D eigenvalue weighted by Gasteiger charge is -2.41. The maximum Gasteiger partial charge on any atom is 0.158 e.